The zero-order valence-corrected chi connectivity index (χ0v) is 25.5. The SMILES string of the molecule is O=S1(=O)c2cc(-c3cccc4c3Nc3ccccc3S4)ccc2Nc2ccc(-c3cccc4c3Nc3ccccc3S4)cc21. The van der Waals surface area contributed by atoms with E-state index in [1.54, 1.807) is 35.7 Å². The lowest BCUT2D eigenvalue weighted by atomic mass is 10.0. The molecule has 3 aliphatic heterocycles. The molecule has 44 heavy (non-hydrogen) atoms. The Balaban J connectivity index is 1.12. The fraction of sp³-hybridized carbons (Fsp3) is 0. The predicted octanol–water partition coefficient (Wildman–Crippen LogP) is 10.3. The van der Waals surface area contributed by atoms with Crippen LogP contribution in [0.4, 0.5) is 34.1 Å². The molecule has 0 atom stereocenters. The summed E-state index contributed by atoms with van der Waals surface area (Å²) in [5.41, 5.74) is 8.84. The third-order valence-electron chi connectivity index (χ3n) is 8.22. The Morgan fingerprint density at radius 1 is 0.432 bits per heavy atom. The Morgan fingerprint density at radius 3 is 1.39 bits per heavy atom. The van der Waals surface area contributed by atoms with Crippen LogP contribution in [0.3, 0.4) is 0 Å². The van der Waals surface area contributed by atoms with E-state index in [4.69, 9.17) is 0 Å². The number of sulfone groups is 1. The van der Waals surface area contributed by atoms with Gasteiger partial charge in [-0.05, 0) is 71.8 Å². The van der Waals surface area contributed by atoms with E-state index >= 15 is 0 Å². The quantitative estimate of drug-likeness (QED) is 0.177. The van der Waals surface area contributed by atoms with Gasteiger partial charge in [0, 0.05) is 30.7 Å². The number of benzene rings is 6. The molecule has 0 fully saturated rings. The number of para-hydroxylation sites is 4. The van der Waals surface area contributed by atoms with E-state index in [1.165, 1.54) is 9.79 Å². The number of anilines is 6. The molecule has 8 heteroatoms. The first-order chi connectivity index (χ1) is 21.5. The Hall–Kier alpha value is -4.63. The third kappa shape index (κ3) is 3.99. The number of rotatable bonds is 2. The van der Waals surface area contributed by atoms with Crippen LogP contribution >= 0.6 is 23.5 Å². The molecular formula is C36H23N3O2S3. The van der Waals surface area contributed by atoms with Gasteiger partial charge in [-0.3, -0.25) is 0 Å². The van der Waals surface area contributed by atoms with Crippen molar-refractivity contribution in [2.24, 2.45) is 0 Å². The van der Waals surface area contributed by atoms with Gasteiger partial charge in [0.15, 0.2) is 0 Å². The minimum atomic E-state index is -3.82. The monoisotopic (exact) mass is 625 g/mol. The Bertz CT molecular complexity index is 2150. The molecule has 9 rings (SSSR count). The molecule has 0 aromatic heterocycles. The van der Waals surface area contributed by atoms with Crippen LogP contribution < -0.4 is 16.0 Å². The maximum atomic E-state index is 14.3. The molecule has 6 aromatic rings. The molecule has 0 saturated heterocycles. The van der Waals surface area contributed by atoms with E-state index < -0.39 is 9.84 Å². The fourth-order valence-corrected chi connectivity index (χ4v) is 9.75. The molecule has 3 heterocycles. The van der Waals surface area contributed by atoms with Gasteiger partial charge in [0.05, 0.1) is 43.9 Å². The summed E-state index contributed by atoms with van der Waals surface area (Å²) >= 11 is 3.43. The summed E-state index contributed by atoms with van der Waals surface area (Å²) in [6.45, 7) is 0. The lowest BCUT2D eigenvalue weighted by molar-refractivity contribution is 0.596. The van der Waals surface area contributed by atoms with Crippen molar-refractivity contribution < 1.29 is 8.42 Å². The van der Waals surface area contributed by atoms with E-state index in [-0.39, 0.29) is 9.79 Å². The molecule has 0 radical (unpaired) electrons. The highest BCUT2D eigenvalue weighted by Crippen LogP contribution is 2.51. The summed E-state index contributed by atoms with van der Waals surface area (Å²) < 4.78 is 28.6. The van der Waals surface area contributed by atoms with E-state index in [0.29, 0.717) is 11.4 Å². The molecule has 0 amide bonds. The van der Waals surface area contributed by atoms with Gasteiger partial charge in [0.25, 0.3) is 0 Å². The lowest BCUT2D eigenvalue weighted by Gasteiger charge is -2.26. The van der Waals surface area contributed by atoms with E-state index in [9.17, 15) is 8.42 Å². The van der Waals surface area contributed by atoms with Crippen molar-refractivity contribution >= 4 is 67.5 Å². The second-order valence-electron chi connectivity index (χ2n) is 10.9. The molecule has 5 nitrogen and oxygen atoms in total. The molecule has 3 aliphatic rings. The molecule has 0 saturated carbocycles. The van der Waals surface area contributed by atoms with E-state index in [1.807, 2.05) is 72.8 Å². The van der Waals surface area contributed by atoms with Gasteiger partial charge < -0.3 is 16.0 Å². The minimum Gasteiger partial charge on any atom is -0.353 e. The lowest BCUT2D eigenvalue weighted by Crippen LogP contribution is -2.14. The van der Waals surface area contributed by atoms with Crippen LogP contribution in [0.5, 0.6) is 0 Å². The van der Waals surface area contributed by atoms with Crippen LogP contribution in [0.25, 0.3) is 22.3 Å². The van der Waals surface area contributed by atoms with Crippen molar-refractivity contribution in [2.45, 2.75) is 29.4 Å². The van der Waals surface area contributed by atoms with Gasteiger partial charge in [0.1, 0.15) is 0 Å². The normalized spacial score (nSPS) is 14.6. The van der Waals surface area contributed by atoms with Crippen molar-refractivity contribution in [1.29, 1.82) is 0 Å². The van der Waals surface area contributed by atoms with Crippen LogP contribution in [-0.2, 0) is 9.84 Å². The van der Waals surface area contributed by atoms with Gasteiger partial charge in [-0.15, -0.1) is 0 Å². The maximum Gasteiger partial charge on any atom is 0.210 e. The average molecular weight is 626 g/mol. The molecule has 6 aromatic carbocycles. The van der Waals surface area contributed by atoms with Crippen molar-refractivity contribution in [2.75, 3.05) is 16.0 Å². The zero-order valence-electron chi connectivity index (χ0n) is 23.1. The summed E-state index contributed by atoms with van der Waals surface area (Å²) in [7, 11) is -3.82. The van der Waals surface area contributed by atoms with Crippen molar-refractivity contribution in [3.8, 4) is 22.3 Å². The first-order valence-electron chi connectivity index (χ1n) is 14.2. The maximum absolute atomic E-state index is 14.3. The van der Waals surface area contributed by atoms with Crippen molar-refractivity contribution in [3.63, 3.8) is 0 Å². The Morgan fingerprint density at radius 2 is 0.886 bits per heavy atom. The van der Waals surface area contributed by atoms with Crippen LogP contribution in [0, 0.1) is 0 Å². The van der Waals surface area contributed by atoms with Crippen molar-refractivity contribution in [3.05, 3.63) is 121 Å². The fourth-order valence-electron chi connectivity index (χ4n) is 6.09. The summed E-state index contributed by atoms with van der Waals surface area (Å²) in [6, 6.07) is 40.1. The molecule has 0 aliphatic carbocycles. The summed E-state index contributed by atoms with van der Waals surface area (Å²) in [6.07, 6.45) is 0. The number of fused-ring (bicyclic) bond motifs is 6. The first kappa shape index (κ1) is 25.8. The third-order valence-corrected chi connectivity index (χ3v) is 12.3. The first-order valence-corrected chi connectivity index (χ1v) is 17.3. The van der Waals surface area contributed by atoms with Gasteiger partial charge in [-0.25, -0.2) is 8.42 Å². The molecular weight excluding hydrogens is 603 g/mol. The van der Waals surface area contributed by atoms with Gasteiger partial charge in [-0.1, -0.05) is 84.2 Å². The predicted molar refractivity (Wildman–Crippen MR) is 180 cm³/mol. The topological polar surface area (TPSA) is 70.2 Å². The average Bonchev–Trinajstić information content (AvgIpc) is 3.06. The highest BCUT2D eigenvalue weighted by atomic mass is 32.2. The Labute approximate surface area is 263 Å². The van der Waals surface area contributed by atoms with Gasteiger partial charge >= 0.3 is 0 Å². The standard InChI is InChI=1S/C36H23N3O2S3/c40-44(41)33-19-21(23-7-5-13-31-35(23)38-25-9-1-3-11-29(25)42-31)15-17-27(33)37-28-18-16-22(20-34(28)44)24-8-6-14-32-36(24)39-26-10-2-4-12-30(26)43-32/h1-20,37-39H. The van der Waals surface area contributed by atoms with Gasteiger partial charge in [0.2, 0.25) is 9.84 Å². The van der Waals surface area contributed by atoms with Gasteiger partial charge in [-0.2, -0.15) is 0 Å². The molecule has 0 spiro atoms. The smallest absolute Gasteiger partial charge is 0.210 e. The van der Waals surface area contributed by atoms with E-state index in [2.05, 4.69) is 52.3 Å². The summed E-state index contributed by atoms with van der Waals surface area (Å²) in [4.78, 5) is 5.10. The highest BCUT2D eigenvalue weighted by molar-refractivity contribution is 8.00. The second-order valence-corrected chi connectivity index (χ2v) is 14.9. The number of hydrogen-bond acceptors (Lipinski definition) is 7. The van der Waals surface area contributed by atoms with E-state index in [0.717, 1.165) is 54.8 Å². The molecule has 212 valence electrons. The summed E-state index contributed by atoms with van der Waals surface area (Å²) in [5, 5.41) is 10.6. The molecule has 3 N–H and O–H groups in total. The molecule has 0 unspecified atom stereocenters. The zero-order chi connectivity index (χ0) is 29.4. The second kappa shape index (κ2) is 9.69. The van der Waals surface area contributed by atoms with Crippen LogP contribution in [0.15, 0.2) is 151 Å². The van der Waals surface area contributed by atoms with Crippen molar-refractivity contribution in [1.82, 2.24) is 0 Å². The largest absolute Gasteiger partial charge is 0.353 e. The Kier molecular flexibility index (Phi) is 5.69. The number of nitrogens with one attached hydrogen (secondary N) is 3. The van der Waals surface area contributed by atoms with Crippen LogP contribution in [0.1, 0.15) is 0 Å². The minimum absolute atomic E-state index is 0.277. The van der Waals surface area contributed by atoms with Crippen LogP contribution in [0.2, 0.25) is 0 Å². The van der Waals surface area contributed by atoms with Crippen LogP contribution in [-0.4, -0.2) is 8.42 Å². The number of hydrogen-bond donors (Lipinski definition) is 3. The highest BCUT2D eigenvalue weighted by Gasteiger charge is 2.31. The summed E-state index contributed by atoms with van der Waals surface area (Å²) in [5.74, 6) is 0. The molecule has 0 bridgehead atoms.